The first-order valence-corrected chi connectivity index (χ1v) is 14.2. The van der Waals surface area contributed by atoms with Crippen LogP contribution in [0.3, 0.4) is 0 Å². The molecule has 0 aliphatic carbocycles. The van der Waals surface area contributed by atoms with E-state index >= 15 is 0 Å². The van der Waals surface area contributed by atoms with Crippen LogP contribution in [-0.2, 0) is 24.2 Å². The van der Waals surface area contributed by atoms with Gasteiger partial charge >= 0.3 is 5.97 Å². The summed E-state index contributed by atoms with van der Waals surface area (Å²) in [6.45, 7) is 4.47. The smallest absolute Gasteiger partial charge is 0.354 e. The van der Waals surface area contributed by atoms with Crippen LogP contribution in [0.1, 0.15) is 51.0 Å². The van der Waals surface area contributed by atoms with Gasteiger partial charge in [-0.3, -0.25) is 9.00 Å². The van der Waals surface area contributed by atoms with Crippen molar-refractivity contribution in [3.8, 4) is 11.1 Å². The van der Waals surface area contributed by atoms with E-state index in [1.54, 1.807) is 60.7 Å². The number of hydrogen-bond acceptors (Lipinski definition) is 5. The predicted octanol–water partition coefficient (Wildman–Crippen LogP) is 6.15. The Kier molecular flexibility index (Phi) is 8.09. The van der Waals surface area contributed by atoms with Crippen LogP contribution in [0.15, 0.2) is 91.0 Å². The first-order chi connectivity index (χ1) is 19.8. The van der Waals surface area contributed by atoms with Crippen LogP contribution in [0.4, 0.5) is 5.69 Å². The minimum absolute atomic E-state index is 0.00900. The number of carbonyl (C=O) groups excluding carboxylic acids is 1. The number of carbonyl (C=O) groups is 2. The quantitative estimate of drug-likeness (QED) is 0.214. The summed E-state index contributed by atoms with van der Waals surface area (Å²) in [5.41, 5.74) is 5.39. The summed E-state index contributed by atoms with van der Waals surface area (Å²) in [6, 6.07) is 26.5. The largest absolute Gasteiger partial charge is 0.755 e. The lowest BCUT2D eigenvalue weighted by molar-refractivity contribution is 0.0690. The van der Waals surface area contributed by atoms with E-state index < -0.39 is 23.1 Å². The third-order valence-electron chi connectivity index (χ3n) is 6.97. The second-order valence-corrected chi connectivity index (χ2v) is 10.5. The van der Waals surface area contributed by atoms with Crippen molar-refractivity contribution in [3.05, 3.63) is 119 Å². The standard InChI is InChI=1S/C32H29N3O5S/c1-3-9-25-19-27-21(2)18-28(32(37)38)33-30(27)34(25)20-22-14-16-23(17-15-22)26-12-7-8-13-29(26)35(41(39)40)31(36)24-10-5-4-6-11-24/h4-8,10-19H,3,9,20H2,1-2H3,(H,37,38)(H,39,40)/p-1. The Morgan fingerprint density at radius 2 is 1.66 bits per heavy atom. The Morgan fingerprint density at radius 1 is 0.976 bits per heavy atom. The molecule has 1 unspecified atom stereocenters. The number of anilines is 1. The number of aromatic carboxylic acids is 1. The second-order valence-electron chi connectivity index (χ2n) is 9.74. The van der Waals surface area contributed by atoms with E-state index in [1.807, 2.05) is 31.2 Å². The van der Waals surface area contributed by atoms with Crippen molar-refractivity contribution < 1.29 is 23.5 Å². The molecule has 0 aliphatic rings. The number of amides is 1. The molecular weight excluding hydrogens is 538 g/mol. The summed E-state index contributed by atoms with van der Waals surface area (Å²) < 4.78 is 27.4. The number of pyridine rings is 1. The van der Waals surface area contributed by atoms with Gasteiger partial charge in [0.15, 0.2) is 5.69 Å². The van der Waals surface area contributed by atoms with Crippen LogP contribution in [0.25, 0.3) is 22.2 Å². The van der Waals surface area contributed by atoms with Crippen molar-refractivity contribution in [2.45, 2.75) is 33.2 Å². The minimum atomic E-state index is -2.84. The monoisotopic (exact) mass is 566 g/mol. The zero-order valence-electron chi connectivity index (χ0n) is 22.6. The summed E-state index contributed by atoms with van der Waals surface area (Å²) in [5.74, 6) is -1.71. The zero-order valence-corrected chi connectivity index (χ0v) is 23.4. The van der Waals surface area contributed by atoms with Gasteiger partial charge in [-0.25, -0.2) is 14.1 Å². The Hall–Kier alpha value is -4.60. The van der Waals surface area contributed by atoms with Gasteiger partial charge in [-0.05, 0) is 60.4 Å². The first-order valence-electron chi connectivity index (χ1n) is 13.2. The van der Waals surface area contributed by atoms with Gasteiger partial charge in [0, 0.05) is 28.8 Å². The maximum Gasteiger partial charge on any atom is 0.354 e. The molecule has 0 aliphatic heterocycles. The van der Waals surface area contributed by atoms with Crippen LogP contribution >= 0.6 is 0 Å². The van der Waals surface area contributed by atoms with Gasteiger partial charge < -0.3 is 14.2 Å². The molecule has 0 radical (unpaired) electrons. The SMILES string of the molecule is CCCc1cc2c(C)cc(C(=O)O)nc2n1Cc1ccc(-c2ccccc2N(C(=O)c2ccccc2)S(=O)[O-])cc1. The Bertz CT molecular complexity index is 1760. The number of aromatic nitrogens is 2. The topological polar surface area (TPSA) is 116 Å². The van der Waals surface area contributed by atoms with E-state index in [0.29, 0.717) is 17.8 Å². The summed E-state index contributed by atoms with van der Waals surface area (Å²) in [7, 11) is 0. The maximum atomic E-state index is 13.2. The fraction of sp³-hybridized carbons (Fsp3) is 0.156. The zero-order chi connectivity index (χ0) is 29.1. The Morgan fingerprint density at radius 3 is 2.32 bits per heavy atom. The molecule has 2 heterocycles. The molecule has 1 atom stereocenters. The predicted molar refractivity (Wildman–Crippen MR) is 159 cm³/mol. The molecule has 0 bridgehead atoms. The number of nitrogens with zero attached hydrogens (tertiary/aromatic N) is 3. The molecule has 0 saturated heterocycles. The normalized spacial score (nSPS) is 11.9. The van der Waals surface area contributed by atoms with Gasteiger partial charge in [0.25, 0.3) is 5.91 Å². The lowest BCUT2D eigenvalue weighted by atomic mass is 10.0. The van der Waals surface area contributed by atoms with Gasteiger partial charge in [0.2, 0.25) is 0 Å². The number of aryl methyl sites for hydroxylation is 2. The molecule has 8 nitrogen and oxygen atoms in total. The van der Waals surface area contributed by atoms with E-state index in [0.717, 1.165) is 44.9 Å². The molecule has 5 aromatic rings. The van der Waals surface area contributed by atoms with E-state index in [4.69, 9.17) is 0 Å². The van der Waals surface area contributed by atoms with E-state index in [2.05, 4.69) is 22.5 Å². The molecule has 5 rings (SSSR count). The molecule has 0 fully saturated rings. The molecule has 1 amide bonds. The summed E-state index contributed by atoms with van der Waals surface area (Å²) >= 11 is -2.84. The van der Waals surface area contributed by atoms with Gasteiger partial charge in [0.1, 0.15) is 5.65 Å². The third kappa shape index (κ3) is 5.68. The number of fused-ring (bicyclic) bond motifs is 1. The minimum Gasteiger partial charge on any atom is -0.755 e. The lowest BCUT2D eigenvalue weighted by Gasteiger charge is -2.26. The number of hydrogen-bond donors (Lipinski definition) is 1. The van der Waals surface area contributed by atoms with Gasteiger partial charge in [-0.2, -0.15) is 0 Å². The maximum absolute atomic E-state index is 13.2. The van der Waals surface area contributed by atoms with E-state index in [-0.39, 0.29) is 16.9 Å². The van der Waals surface area contributed by atoms with E-state index in [1.165, 1.54) is 0 Å². The highest BCUT2D eigenvalue weighted by Crippen LogP contribution is 2.33. The highest BCUT2D eigenvalue weighted by atomic mass is 32.2. The highest BCUT2D eigenvalue weighted by molar-refractivity contribution is 7.81. The van der Waals surface area contributed by atoms with Crippen molar-refractivity contribution in [1.82, 2.24) is 9.55 Å². The van der Waals surface area contributed by atoms with E-state index in [9.17, 15) is 23.5 Å². The molecular formula is C32H28N3O5S-. The molecule has 0 spiro atoms. The molecule has 41 heavy (non-hydrogen) atoms. The highest BCUT2D eigenvalue weighted by Gasteiger charge is 2.22. The molecule has 0 saturated carbocycles. The van der Waals surface area contributed by atoms with Crippen molar-refractivity contribution >= 4 is 39.9 Å². The average molecular weight is 567 g/mol. The number of rotatable bonds is 9. The number of carboxylic acids is 1. The van der Waals surface area contributed by atoms with Crippen LogP contribution < -0.4 is 4.31 Å². The number of carboxylic acid groups (broad SMARTS) is 1. The van der Waals surface area contributed by atoms with Crippen molar-refractivity contribution in [3.63, 3.8) is 0 Å². The van der Waals surface area contributed by atoms with Crippen molar-refractivity contribution in [2.24, 2.45) is 0 Å². The Labute approximate surface area is 240 Å². The fourth-order valence-electron chi connectivity index (χ4n) is 5.00. The molecule has 2 aromatic heterocycles. The molecule has 9 heteroatoms. The van der Waals surface area contributed by atoms with Crippen LogP contribution in [0, 0.1) is 6.92 Å². The molecule has 1 N–H and O–H groups in total. The van der Waals surface area contributed by atoms with Gasteiger partial charge in [-0.1, -0.05) is 74.0 Å². The lowest BCUT2D eigenvalue weighted by Crippen LogP contribution is -2.33. The van der Waals surface area contributed by atoms with Gasteiger partial charge in [0.05, 0.1) is 17.0 Å². The second kappa shape index (κ2) is 11.9. The average Bonchev–Trinajstić information content (AvgIpc) is 3.31. The Balaban J connectivity index is 1.51. The third-order valence-corrected chi connectivity index (χ3v) is 7.63. The molecule has 3 aromatic carbocycles. The number of para-hydroxylation sites is 1. The van der Waals surface area contributed by atoms with Crippen molar-refractivity contribution in [1.29, 1.82) is 0 Å². The van der Waals surface area contributed by atoms with Crippen LogP contribution in [-0.4, -0.2) is 35.3 Å². The van der Waals surface area contributed by atoms with Crippen molar-refractivity contribution in [2.75, 3.05) is 4.31 Å². The number of benzene rings is 3. The summed E-state index contributed by atoms with van der Waals surface area (Å²) in [5, 5.41) is 10.5. The van der Waals surface area contributed by atoms with Gasteiger partial charge in [-0.15, -0.1) is 0 Å². The van der Waals surface area contributed by atoms with Crippen LogP contribution in [0.2, 0.25) is 0 Å². The summed E-state index contributed by atoms with van der Waals surface area (Å²) in [4.78, 5) is 29.3. The first kappa shape index (κ1) is 27.9. The fourth-order valence-corrected chi connectivity index (χ4v) is 5.56. The summed E-state index contributed by atoms with van der Waals surface area (Å²) in [6.07, 6.45) is 1.75. The van der Waals surface area contributed by atoms with Crippen LogP contribution in [0.5, 0.6) is 0 Å². The molecule has 208 valence electrons.